The number of alkyl halides is 3. The molecule has 0 aliphatic carbocycles. The minimum atomic E-state index is -4.82. The molecule has 6 aromatic rings. The monoisotopic (exact) mass is 556 g/mol. The van der Waals surface area contributed by atoms with E-state index in [9.17, 15) is 18.0 Å². The molecule has 0 fully saturated rings. The molecule has 1 aliphatic heterocycles. The van der Waals surface area contributed by atoms with Crippen LogP contribution in [0.25, 0.3) is 33.2 Å². The maximum Gasteiger partial charge on any atom is 0.417 e. The summed E-state index contributed by atoms with van der Waals surface area (Å²) in [5.74, 6) is 0.711. The van der Waals surface area contributed by atoms with Gasteiger partial charge in [0.15, 0.2) is 17.5 Å². The highest BCUT2D eigenvalue weighted by atomic mass is 19.4. The molecule has 0 saturated carbocycles. The van der Waals surface area contributed by atoms with Crippen LogP contribution >= 0.6 is 0 Å². The van der Waals surface area contributed by atoms with Gasteiger partial charge in [0.25, 0.3) is 5.56 Å². The summed E-state index contributed by atoms with van der Waals surface area (Å²) in [6.45, 7) is 1.30. The predicted octanol–water partition coefficient (Wildman–Crippen LogP) is 5.90. The number of hydrogen-bond acceptors (Lipinski definition) is 6. The SMILES string of the molecule is O=c1[nH][nH]c2ccc(-c3nc4c(c(Nc5n[nH]c6ccccc56)n3)N(Cc3ccccc3)CCC4)c(C(F)(F)F)c12. The maximum atomic E-state index is 14.5. The van der Waals surface area contributed by atoms with Crippen LogP contribution < -0.4 is 15.8 Å². The zero-order valence-corrected chi connectivity index (χ0v) is 21.5. The van der Waals surface area contributed by atoms with Crippen LogP contribution in [0.4, 0.5) is 30.5 Å². The number of nitrogens with zero attached hydrogens (tertiary/aromatic N) is 4. The quantitative estimate of drug-likeness (QED) is 0.210. The smallest absolute Gasteiger partial charge is 0.363 e. The van der Waals surface area contributed by atoms with Gasteiger partial charge in [-0.15, -0.1) is 0 Å². The first-order valence-electron chi connectivity index (χ1n) is 13.1. The normalized spacial score (nSPS) is 13.6. The fraction of sp³-hybridized carbons (Fsp3) is 0.172. The van der Waals surface area contributed by atoms with Crippen molar-refractivity contribution >= 4 is 39.1 Å². The van der Waals surface area contributed by atoms with E-state index in [1.54, 1.807) is 0 Å². The molecule has 4 N–H and O–H groups in total. The van der Waals surface area contributed by atoms with Crippen molar-refractivity contribution in [1.82, 2.24) is 30.4 Å². The fourth-order valence-corrected chi connectivity index (χ4v) is 5.51. The highest BCUT2D eigenvalue weighted by Gasteiger charge is 2.38. The molecule has 3 aromatic heterocycles. The average molecular weight is 557 g/mol. The molecule has 9 nitrogen and oxygen atoms in total. The second-order valence-corrected chi connectivity index (χ2v) is 9.93. The summed E-state index contributed by atoms with van der Waals surface area (Å²) in [6, 6.07) is 20.2. The van der Waals surface area contributed by atoms with Gasteiger partial charge in [-0.05, 0) is 42.7 Å². The van der Waals surface area contributed by atoms with Gasteiger partial charge in [-0.1, -0.05) is 42.5 Å². The van der Waals surface area contributed by atoms with Gasteiger partial charge in [0, 0.05) is 24.0 Å². The molecule has 206 valence electrons. The molecule has 0 unspecified atom stereocenters. The van der Waals surface area contributed by atoms with Crippen molar-refractivity contribution in [3.8, 4) is 11.4 Å². The zero-order chi connectivity index (χ0) is 28.1. The molecule has 0 atom stereocenters. The first-order valence-corrected chi connectivity index (χ1v) is 13.1. The highest BCUT2D eigenvalue weighted by Crippen LogP contribution is 2.42. The predicted molar refractivity (Wildman–Crippen MR) is 150 cm³/mol. The summed E-state index contributed by atoms with van der Waals surface area (Å²) in [5, 5.41) is 15.8. The van der Waals surface area contributed by atoms with Gasteiger partial charge in [-0.2, -0.15) is 18.3 Å². The van der Waals surface area contributed by atoms with Crippen molar-refractivity contribution in [2.75, 3.05) is 16.8 Å². The van der Waals surface area contributed by atoms with E-state index in [-0.39, 0.29) is 16.9 Å². The summed E-state index contributed by atoms with van der Waals surface area (Å²) in [6.07, 6.45) is -3.50. The second kappa shape index (κ2) is 9.51. The zero-order valence-electron chi connectivity index (χ0n) is 21.5. The third kappa shape index (κ3) is 4.37. The Morgan fingerprint density at radius 3 is 2.54 bits per heavy atom. The Morgan fingerprint density at radius 1 is 0.902 bits per heavy atom. The summed E-state index contributed by atoms with van der Waals surface area (Å²) < 4.78 is 43.5. The van der Waals surface area contributed by atoms with Crippen molar-refractivity contribution in [1.29, 1.82) is 0 Å². The number of nitrogens with one attached hydrogen (secondary N) is 4. The van der Waals surface area contributed by atoms with Crippen LogP contribution in [0, 0.1) is 0 Å². The summed E-state index contributed by atoms with van der Waals surface area (Å²) in [4.78, 5) is 23.9. The lowest BCUT2D eigenvalue weighted by atomic mass is 10.0. The number of aromatic amines is 3. The first kappa shape index (κ1) is 24.9. The molecule has 1 aliphatic rings. The third-order valence-electron chi connectivity index (χ3n) is 7.30. The van der Waals surface area contributed by atoms with Gasteiger partial charge in [0.1, 0.15) is 5.69 Å². The lowest BCUT2D eigenvalue weighted by Crippen LogP contribution is -2.31. The number of aromatic nitrogens is 6. The van der Waals surface area contributed by atoms with Crippen LogP contribution in [0.1, 0.15) is 23.2 Å². The Morgan fingerprint density at radius 2 is 1.71 bits per heavy atom. The lowest BCUT2D eigenvalue weighted by Gasteiger charge is -2.32. The van der Waals surface area contributed by atoms with Crippen LogP contribution in [-0.4, -0.2) is 36.9 Å². The van der Waals surface area contributed by atoms with E-state index in [2.05, 4.69) is 40.6 Å². The minimum Gasteiger partial charge on any atom is -0.363 e. The molecule has 3 aromatic carbocycles. The van der Waals surface area contributed by atoms with Crippen molar-refractivity contribution < 1.29 is 13.2 Å². The van der Waals surface area contributed by atoms with Crippen LogP contribution in [0.2, 0.25) is 0 Å². The Labute approximate surface area is 230 Å². The van der Waals surface area contributed by atoms with Crippen molar-refractivity contribution in [2.45, 2.75) is 25.6 Å². The second-order valence-electron chi connectivity index (χ2n) is 9.93. The van der Waals surface area contributed by atoms with Crippen molar-refractivity contribution in [3.05, 3.63) is 93.9 Å². The Hall–Kier alpha value is -5.13. The topological polar surface area (TPSA) is 118 Å². The lowest BCUT2D eigenvalue weighted by molar-refractivity contribution is -0.135. The first-order chi connectivity index (χ1) is 19.9. The largest absolute Gasteiger partial charge is 0.417 e. The number of fused-ring (bicyclic) bond motifs is 3. The summed E-state index contributed by atoms with van der Waals surface area (Å²) in [7, 11) is 0. The molecule has 7 rings (SSSR count). The molecule has 0 amide bonds. The Bertz CT molecular complexity index is 1960. The van der Waals surface area contributed by atoms with E-state index in [1.807, 2.05) is 54.6 Å². The van der Waals surface area contributed by atoms with E-state index >= 15 is 0 Å². The van der Waals surface area contributed by atoms with Gasteiger partial charge in [-0.3, -0.25) is 20.1 Å². The number of benzene rings is 3. The standard InChI is InChI=1S/C29H23F3N8O/c30-29(31,32)23-18(12-13-20-22(23)28(41)39-37-20)25-33-21-11-6-14-40(15-16-7-2-1-3-8-16)24(21)27(34-25)35-26-17-9-4-5-10-19(17)36-38-26/h1-5,7-10,12-13H,6,11,14-15H2,(H2,37,39,41)(H2,33,34,35,36,38). The van der Waals surface area contributed by atoms with Crippen LogP contribution in [0.3, 0.4) is 0 Å². The van der Waals surface area contributed by atoms with E-state index in [0.717, 1.165) is 29.4 Å². The van der Waals surface area contributed by atoms with Crippen LogP contribution in [0.15, 0.2) is 71.5 Å². The highest BCUT2D eigenvalue weighted by molar-refractivity contribution is 5.93. The van der Waals surface area contributed by atoms with Gasteiger partial charge in [0.2, 0.25) is 0 Å². The minimum absolute atomic E-state index is 0.0550. The third-order valence-corrected chi connectivity index (χ3v) is 7.30. The van der Waals surface area contributed by atoms with E-state index in [4.69, 9.17) is 0 Å². The number of aryl methyl sites for hydroxylation is 1. The van der Waals surface area contributed by atoms with Crippen LogP contribution in [0.5, 0.6) is 0 Å². The molecule has 0 spiro atoms. The molecule has 4 heterocycles. The van der Waals surface area contributed by atoms with Crippen molar-refractivity contribution in [2.24, 2.45) is 0 Å². The molecule has 41 heavy (non-hydrogen) atoms. The molecular formula is C29H23F3N8O. The molecule has 0 bridgehead atoms. The fourth-order valence-electron chi connectivity index (χ4n) is 5.51. The number of hydrogen-bond donors (Lipinski definition) is 4. The van der Waals surface area contributed by atoms with Gasteiger partial charge in [0.05, 0.1) is 27.7 Å². The van der Waals surface area contributed by atoms with Gasteiger partial charge in [-0.25, -0.2) is 9.97 Å². The number of anilines is 3. The van der Waals surface area contributed by atoms with E-state index in [1.165, 1.54) is 12.1 Å². The number of halogens is 3. The molecule has 12 heteroatoms. The van der Waals surface area contributed by atoms with Gasteiger partial charge >= 0.3 is 6.18 Å². The molecule has 0 radical (unpaired) electrons. The van der Waals surface area contributed by atoms with Crippen LogP contribution in [-0.2, 0) is 19.1 Å². The molecular weight excluding hydrogens is 533 g/mol. The number of rotatable bonds is 5. The number of para-hydroxylation sites is 1. The summed E-state index contributed by atoms with van der Waals surface area (Å²) >= 11 is 0. The Kier molecular flexibility index (Phi) is 5.77. The van der Waals surface area contributed by atoms with E-state index in [0.29, 0.717) is 36.0 Å². The maximum absolute atomic E-state index is 14.5. The number of H-pyrrole nitrogens is 3. The Balaban J connectivity index is 1.44. The van der Waals surface area contributed by atoms with Crippen molar-refractivity contribution in [3.63, 3.8) is 0 Å². The molecule has 0 saturated heterocycles. The summed E-state index contributed by atoms with van der Waals surface area (Å²) in [5.41, 5.74) is 1.06. The van der Waals surface area contributed by atoms with E-state index < -0.39 is 22.7 Å². The van der Waals surface area contributed by atoms with Gasteiger partial charge < -0.3 is 10.2 Å². The average Bonchev–Trinajstić information content (AvgIpc) is 3.55.